The Morgan fingerprint density at radius 1 is 1.25 bits per heavy atom. The molecular formula is C13H22N2O. The summed E-state index contributed by atoms with van der Waals surface area (Å²) in [5.41, 5.74) is 1.32. The van der Waals surface area contributed by atoms with Crippen molar-refractivity contribution < 1.29 is 4.74 Å². The van der Waals surface area contributed by atoms with E-state index >= 15 is 0 Å². The first kappa shape index (κ1) is 13.0. The Hall–Kier alpha value is -1.06. The van der Waals surface area contributed by atoms with E-state index in [0.717, 1.165) is 31.9 Å². The molecule has 0 spiro atoms. The highest BCUT2D eigenvalue weighted by Gasteiger charge is 2.00. The average Bonchev–Trinajstić information content (AvgIpc) is 2.30. The molecule has 1 rings (SSSR count). The van der Waals surface area contributed by atoms with Crippen LogP contribution in [0.4, 0.5) is 0 Å². The minimum Gasteiger partial charge on any atom is -0.497 e. The monoisotopic (exact) mass is 222 g/mol. The minimum absolute atomic E-state index is 0.916. The maximum Gasteiger partial charge on any atom is 0.118 e. The van der Waals surface area contributed by atoms with Gasteiger partial charge in [0.05, 0.1) is 7.11 Å². The highest BCUT2D eigenvalue weighted by molar-refractivity contribution is 5.26. The summed E-state index contributed by atoms with van der Waals surface area (Å²) in [6.07, 6.45) is 0. The van der Waals surface area contributed by atoms with E-state index in [2.05, 4.69) is 36.3 Å². The summed E-state index contributed by atoms with van der Waals surface area (Å²) in [7, 11) is 3.83. The number of rotatable bonds is 7. The molecule has 0 fully saturated rings. The number of nitrogens with zero attached hydrogens (tertiary/aromatic N) is 1. The second-order valence-electron chi connectivity index (χ2n) is 3.94. The highest BCUT2D eigenvalue weighted by atomic mass is 16.5. The molecule has 90 valence electrons. The van der Waals surface area contributed by atoms with E-state index in [4.69, 9.17) is 4.74 Å². The fourth-order valence-electron chi connectivity index (χ4n) is 1.57. The maximum atomic E-state index is 5.13. The summed E-state index contributed by atoms with van der Waals surface area (Å²) in [5.74, 6) is 0.916. The molecule has 16 heavy (non-hydrogen) atoms. The third-order valence-electron chi connectivity index (χ3n) is 2.53. The van der Waals surface area contributed by atoms with Gasteiger partial charge in [-0.2, -0.15) is 0 Å². The Bertz CT molecular complexity index is 284. The molecule has 0 amide bonds. The van der Waals surface area contributed by atoms with Crippen molar-refractivity contribution in [3.05, 3.63) is 29.8 Å². The Balaban J connectivity index is 2.34. The Labute approximate surface area is 98.4 Å². The fourth-order valence-corrected chi connectivity index (χ4v) is 1.57. The number of hydrogen-bond donors (Lipinski definition) is 1. The third-order valence-corrected chi connectivity index (χ3v) is 2.53. The van der Waals surface area contributed by atoms with Crippen molar-refractivity contribution in [2.24, 2.45) is 0 Å². The van der Waals surface area contributed by atoms with Gasteiger partial charge in [0.2, 0.25) is 0 Å². The molecule has 1 N–H and O–H groups in total. The topological polar surface area (TPSA) is 24.5 Å². The highest BCUT2D eigenvalue weighted by Crippen LogP contribution is 2.12. The summed E-state index contributed by atoms with van der Waals surface area (Å²) >= 11 is 0. The van der Waals surface area contributed by atoms with Crippen molar-refractivity contribution in [1.29, 1.82) is 0 Å². The van der Waals surface area contributed by atoms with Gasteiger partial charge >= 0.3 is 0 Å². The number of ether oxygens (including phenoxy) is 1. The number of nitrogens with one attached hydrogen (secondary N) is 1. The van der Waals surface area contributed by atoms with Crippen molar-refractivity contribution in [3.8, 4) is 5.75 Å². The molecule has 1 aromatic carbocycles. The Morgan fingerprint density at radius 2 is 1.94 bits per heavy atom. The molecule has 0 aliphatic carbocycles. The number of hydrogen-bond acceptors (Lipinski definition) is 3. The number of methoxy groups -OCH3 is 1. The van der Waals surface area contributed by atoms with Gasteiger partial charge in [-0.1, -0.05) is 19.1 Å². The molecule has 0 unspecified atom stereocenters. The van der Waals surface area contributed by atoms with Crippen molar-refractivity contribution >= 4 is 0 Å². The molecule has 0 saturated carbocycles. The first-order valence-electron chi connectivity index (χ1n) is 5.78. The van der Waals surface area contributed by atoms with Gasteiger partial charge in [0, 0.05) is 19.6 Å². The Kier molecular flexibility index (Phi) is 5.90. The number of benzene rings is 1. The SMILES string of the molecule is CCNCCN(C)Cc1ccc(OC)cc1. The van der Waals surface area contributed by atoms with Gasteiger partial charge in [0.25, 0.3) is 0 Å². The van der Waals surface area contributed by atoms with Crippen LogP contribution in [0.3, 0.4) is 0 Å². The third kappa shape index (κ3) is 4.64. The van der Waals surface area contributed by atoms with E-state index in [0.29, 0.717) is 0 Å². The first-order valence-corrected chi connectivity index (χ1v) is 5.78. The van der Waals surface area contributed by atoms with Gasteiger partial charge in [-0.3, -0.25) is 0 Å². The predicted octanol–water partition coefficient (Wildman–Crippen LogP) is 1.74. The summed E-state index contributed by atoms with van der Waals surface area (Å²) in [6.45, 7) is 6.26. The van der Waals surface area contributed by atoms with E-state index in [1.165, 1.54) is 5.56 Å². The van der Waals surface area contributed by atoms with Gasteiger partial charge < -0.3 is 15.0 Å². The second kappa shape index (κ2) is 7.25. The van der Waals surface area contributed by atoms with Crippen LogP contribution in [0.25, 0.3) is 0 Å². The smallest absolute Gasteiger partial charge is 0.118 e. The predicted molar refractivity (Wildman–Crippen MR) is 67.9 cm³/mol. The Morgan fingerprint density at radius 3 is 2.50 bits per heavy atom. The zero-order chi connectivity index (χ0) is 11.8. The minimum atomic E-state index is 0.916. The summed E-state index contributed by atoms with van der Waals surface area (Å²) < 4.78 is 5.13. The van der Waals surface area contributed by atoms with Crippen LogP contribution in [0.15, 0.2) is 24.3 Å². The lowest BCUT2D eigenvalue weighted by molar-refractivity contribution is 0.325. The zero-order valence-corrected chi connectivity index (χ0v) is 10.5. The quantitative estimate of drug-likeness (QED) is 0.711. The molecule has 0 aliphatic rings. The van der Waals surface area contributed by atoms with Crippen LogP contribution in [0.1, 0.15) is 12.5 Å². The number of likely N-dealkylation sites (N-methyl/N-ethyl adjacent to an activating group) is 2. The van der Waals surface area contributed by atoms with Crippen molar-refractivity contribution in [2.75, 3.05) is 33.8 Å². The lowest BCUT2D eigenvalue weighted by atomic mass is 10.2. The van der Waals surface area contributed by atoms with Crippen molar-refractivity contribution in [3.63, 3.8) is 0 Å². The fraction of sp³-hybridized carbons (Fsp3) is 0.538. The second-order valence-corrected chi connectivity index (χ2v) is 3.94. The maximum absolute atomic E-state index is 5.13. The largest absolute Gasteiger partial charge is 0.497 e. The van der Waals surface area contributed by atoms with Crippen LogP contribution >= 0.6 is 0 Å². The molecule has 0 heterocycles. The van der Waals surface area contributed by atoms with Crippen molar-refractivity contribution in [1.82, 2.24) is 10.2 Å². The summed E-state index contributed by atoms with van der Waals surface area (Å²) in [5, 5.41) is 3.32. The van der Waals surface area contributed by atoms with E-state index in [-0.39, 0.29) is 0 Å². The molecular weight excluding hydrogens is 200 g/mol. The van der Waals surface area contributed by atoms with Gasteiger partial charge in [-0.25, -0.2) is 0 Å². The molecule has 0 atom stereocenters. The van der Waals surface area contributed by atoms with Crippen LogP contribution < -0.4 is 10.1 Å². The molecule has 3 heteroatoms. The van der Waals surface area contributed by atoms with Crippen LogP contribution in [-0.2, 0) is 6.54 Å². The van der Waals surface area contributed by atoms with Crippen molar-refractivity contribution in [2.45, 2.75) is 13.5 Å². The van der Waals surface area contributed by atoms with Gasteiger partial charge in [0.1, 0.15) is 5.75 Å². The molecule has 3 nitrogen and oxygen atoms in total. The standard InChI is InChI=1S/C13H22N2O/c1-4-14-9-10-15(2)11-12-5-7-13(16-3)8-6-12/h5-8,14H,4,9-11H2,1-3H3. The molecule has 0 radical (unpaired) electrons. The van der Waals surface area contributed by atoms with Crippen LogP contribution in [-0.4, -0.2) is 38.7 Å². The molecule has 0 aliphatic heterocycles. The van der Waals surface area contributed by atoms with Gasteiger partial charge in [-0.05, 0) is 31.3 Å². The van der Waals surface area contributed by atoms with E-state index in [1.807, 2.05) is 12.1 Å². The normalized spacial score (nSPS) is 10.8. The van der Waals surface area contributed by atoms with Crippen LogP contribution in [0, 0.1) is 0 Å². The lowest BCUT2D eigenvalue weighted by Crippen LogP contribution is -2.28. The summed E-state index contributed by atoms with van der Waals surface area (Å²) in [4.78, 5) is 2.31. The molecule has 0 bridgehead atoms. The van der Waals surface area contributed by atoms with E-state index in [9.17, 15) is 0 Å². The molecule has 0 aromatic heterocycles. The molecule has 0 saturated heterocycles. The van der Waals surface area contributed by atoms with E-state index in [1.54, 1.807) is 7.11 Å². The first-order chi connectivity index (χ1) is 7.76. The van der Waals surface area contributed by atoms with Crippen LogP contribution in [0.5, 0.6) is 5.75 Å². The van der Waals surface area contributed by atoms with E-state index < -0.39 is 0 Å². The van der Waals surface area contributed by atoms with Crippen LogP contribution in [0.2, 0.25) is 0 Å². The lowest BCUT2D eigenvalue weighted by Gasteiger charge is -2.16. The van der Waals surface area contributed by atoms with Gasteiger partial charge in [0.15, 0.2) is 0 Å². The average molecular weight is 222 g/mol. The van der Waals surface area contributed by atoms with Gasteiger partial charge in [-0.15, -0.1) is 0 Å². The summed E-state index contributed by atoms with van der Waals surface area (Å²) in [6, 6.07) is 8.24. The molecule has 1 aromatic rings. The zero-order valence-electron chi connectivity index (χ0n) is 10.5.